The number of carbonyl (C=O) groups excluding carboxylic acids is 1. The van der Waals surface area contributed by atoms with Gasteiger partial charge in [-0.25, -0.2) is 4.98 Å². The molecule has 7 heteroatoms. The summed E-state index contributed by atoms with van der Waals surface area (Å²) in [6.07, 6.45) is 1.63. The summed E-state index contributed by atoms with van der Waals surface area (Å²) < 4.78 is 0. The molecule has 0 bridgehead atoms. The predicted molar refractivity (Wildman–Crippen MR) is 67.9 cm³/mol. The second-order valence-electron chi connectivity index (χ2n) is 3.57. The van der Waals surface area contributed by atoms with Crippen molar-refractivity contribution in [3.05, 3.63) is 51.0 Å². The zero-order valence-electron chi connectivity index (χ0n) is 9.41. The monoisotopic (exact) mass is 263 g/mol. The first-order chi connectivity index (χ1) is 8.56. The van der Waals surface area contributed by atoms with Crippen LogP contribution in [-0.2, 0) is 0 Å². The van der Waals surface area contributed by atoms with Crippen LogP contribution < -0.4 is 5.32 Å². The highest BCUT2D eigenvalue weighted by Crippen LogP contribution is 2.24. The lowest BCUT2D eigenvalue weighted by Gasteiger charge is -2.01. The fourth-order valence-electron chi connectivity index (χ4n) is 1.27. The minimum atomic E-state index is -0.522. The lowest BCUT2D eigenvalue weighted by molar-refractivity contribution is -0.380. The number of anilines is 1. The van der Waals surface area contributed by atoms with Gasteiger partial charge in [0.05, 0.1) is 9.80 Å². The van der Waals surface area contributed by atoms with Crippen molar-refractivity contribution in [1.82, 2.24) is 4.98 Å². The Morgan fingerprint density at radius 1 is 1.39 bits per heavy atom. The number of rotatable bonds is 3. The molecule has 0 saturated heterocycles. The number of aromatic nitrogens is 1. The first kappa shape index (κ1) is 12.2. The van der Waals surface area contributed by atoms with E-state index in [0.29, 0.717) is 5.82 Å². The fraction of sp³-hybridized carbons (Fsp3) is 0.0909. The smallest absolute Gasteiger partial charge is 0.306 e. The van der Waals surface area contributed by atoms with Crippen LogP contribution in [0.15, 0.2) is 30.5 Å². The van der Waals surface area contributed by atoms with Gasteiger partial charge in [0, 0.05) is 12.3 Å². The molecule has 0 radical (unpaired) electrons. The molecule has 6 nitrogen and oxygen atoms in total. The maximum absolute atomic E-state index is 11.8. The van der Waals surface area contributed by atoms with Crippen molar-refractivity contribution in [2.45, 2.75) is 6.92 Å². The fourth-order valence-corrected chi connectivity index (χ4v) is 1.98. The largest absolute Gasteiger partial charge is 0.324 e. The molecular weight excluding hydrogens is 254 g/mol. The average Bonchev–Trinajstić information content (AvgIpc) is 2.81. The number of nitrogens with zero attached hydrogens (tertiary/aromatic N) is 2. The van der Waals surface area contributed by atoms with E-state index in [1.165, 1.54) is 12.1 Å². The SMILES string of the molecule is Cc1ccc(NC(=O)c2ccc([N+](=O)[O-])s2)nc1. The molecule has 1 N–H and O–H groups in total. The molecule has 2 rings (SSSR count). The first-order valence-electron chi connectivity index (χ1n) is 5.04. The third-order valence-corrected chi connectivity index (χ3v) is 3.18. The third kappa shape index (κ3) is 2.69. The Bertz CT molecular complexity index is 592. The van der Waals surface area contributed by atoms with Gasteiger partial charge in [-0.3, -0.25) is 14.9 Å². The maximum atomic E-state index is 11.8. The van der Waals surface area contributed by atoms with Crippen LogP contribution >= 0.6 is 11.3 Å². The molecule has 0 fully saturated rings. The van der Waals surface area contributed by atoms with Crippen molar-refractivity contribution in [1.29, 1.82) is 0 Å². The Labute approximate surface area is 106 Å². The summed E-state index contributed by atoms with van der Waals surface area (Å²) in [5, 5.41) is 13.0. The lowest BCUT2D eigenvalue weighted by atomic mass is 10.3. The normalized spacial score (nSPS) is 10.1. The van der Waals surface area contributed by atoms with E-state index in [0.717, 1.165) is 16.9 Å². The van der Waals surface area contributed by atoms with Gasteiger partial charge < -0.3 is 5.32 Å². The molecule has 2 aromatic rings. The van der Waals surface area contributed by atoms with Crippen LogP contribution in [0.25, 0.3) is 0 Å². The third-order valence-electron chi connectivity index (χ3n) is 2.15. The van der Waals surface area contributed by atoms with E-state index in [4.69, 9.17) is 0 Å². The average molecular weight is 263 g/mol. The molecule has 0 aliphatic heterocycles. The van der Waals surface area contributed by atoms with Gasteiger partial charge in [0.25, 0.3) is 5.91 Å². The molecule has 0 spiro atoms. The summed E-state index contributed by atoms with van der Waals surface area (Å²) in [7, 11) is 0. The summed E-state index contributed by atoms with van der Waals surface area (Å²) in [5.41, 5.74) is 0.986. The van der Waals surface area contributed by atoms with Crippen LogP contribution in [0.1, 0.15) is 15.2 Å². The zero-order valence-corrected chi connectivity index (χ0v) is 10.2. The van der Waals surface area contributed by atoms with Crippen LogP contribution in [0.5, 0.6) is 0 Å². The summed E-state index contributed by atoms with van der Waals surface area (Å²) in [5.74, 6) is 0.0195. The molecule has 0 saturated carbocycles. The van der Waals surface area contributed by atoms with E-state index < -0.39 is 10.8 Å². The predicted octanol–water partition coefficient (Wildman–Crippen LogP) is 2.61. The first-order valence-corrected chi connectivity index (χ1v) is 5.86. The number of amides is 1. The number of nitrogens with one attached hydrogen (secondary N) is 1. The number of nitro groups is 1. The van der Waals surface area contributed by atoms with E-state index in [-0.39, 0.29) is 9.88 Å². The van der Waals surface area contributed by atoms with Gasteiger partial charge in [-0.15, -0.1) is 0 Å². The van der Waals surface area contributed by atoms with Crippen molar-refractivity contribution in [3.63, 3.8) is 0 Å². The standard InChI is InChI=1S/C11H9N3O3S/c1-7-2-4-9(12-6-7)13-11(15)8-3-5-10(18-8)14(16)17/h2-6H,1H3,(H,12,13,15). The van der Waals surface area contributed by atoms with Gasteiger partial charge in [-0.05, 0) is 24.6 Å². The highest BCUT2D eigenvalue weighted by Gasteiger charge is 2.15. The van der Waals surface area contributed by atoms with Crippen LogP contribution in [0, 0.1) is 17.0 Å². The number of pyridine rings is 1. The molecule has 0 aliphatic carbocycles. The second-order valence-corrected chi connectivity index (χ2v) is 4.63. The van der Waals surface area contributed by atoms with Gasteiger partial charge >= 0.3 is 5.00 Å². The van der Waals surface area contributed by atoms with Crippen molar-refractivity contribution in [2.75, 3.05) is 5.32 Å². The number of carbonyl (C=O) groups is 1. The molecule has 2 heterocycles. The van der Waals surface area contributed by atoms with Gasteiger partial charge in [-0.2, -0.15) is 0 Å². The van der Waals surface area contributed by atoms with Crippen molar-refractivity contribution in [2.24, 2.45) is 0 Å². The Hall–Kier alpha value is -2.28. The molecule has 1 amide bonds. The van der Waals surface area contributed by atoms with Gasteiger partial charge in [0.1, 0.15) is 5.82 Å². The summed E-state index contributed by atoms with van der Waals surface area (Å²) in [6.45, 7) is 1.89. The van der Waals surface area contributed by atoms with E-state index in [1.807, 2.05) is 13.0 Å². The Balaban J connectivity index is 2.11. The minimum absolute atomic E-state index is 0.0583. The lowest BCUT2D eigenvalue weighted by Crippen LogP contribution is -2.11. The number of hydrogen-bond donors (Lipinski definition) is 1. The Morgan fingerprint density at radius 3 is 2.72 bits per heavy atom. The van der Waals surface area contributed by atoms with Gasteiger partial charge in [0.15, 0.2) is 0 Å². The summed E-state index contributed by atoms with van der Waals surface area (Å²) in [4.78, 5) is 26.1. The highest BCUT2D eigenvalue weighted by atomic mass is 32.1. The van der Waals surface area contributed by atoms with Crippen molar-refractivity contribution < 1.29 is 9.72 Å². The van der Waals surface area contributed by atoms with E-state index in [2.05, 4.69) is 10.3 Å². The van der Waals surface area contributed by atoms with Gasteiger partial charge in [-0.1, -0.05) is 17.4 Å². The molecular formula is C11H9N3O3S. The molecule has 0 aliphatic rings. The molecule has 0 unspecified atom stereocenters. The van der Waals surface area contributed by atoms with Crippen molar-refractivity contribution in [3.8, 4) is 0 Å². The zero-order chi connectivity index (χ0) is 13.1. The second kappa shape index (κ2) is 4.92. The molecule has 0 aromatic carbocycles. The topological polar surface area (TPSA) is 85.1 Å². The van der Waals surface area contributed by atoms with Crippen LogP contribution in [-0.4, -0.2) is 15.8 Å². The Kier molecular flexibility index (Phi) is 3.33. The minimum Gasteiger partial charge on any atom is -0.306 e. The van der Waals surface area contributed by atoms with Crippen LogP contribution in [0.3, 0.4) is 0 Å². The Morgan fingerprint density at radius 2 is 2.17 bits per heavy atom. The van der Waals surface area contributed by atoms with E-state index in [9.17, 15) is 14.9 Å². The maximum Gasteiger partial charge on any atom is 0.324 e. The number of hydrogen-bond acceptors (Lipinski definition) is 5. The highest BCUT2D eigenvalue weighted by molar-refractivity contribution is 7.17. The molecule has 0 atom stereocenters. The summed E-state index contributed by atoms with van der Waals surface area (Å²) >= 11 is 0.833. The quantitative estimate of drug-likeness (QED) is 0.681. The molecule has 92 valence electrons. The summed E-state index contributed by atoms with van der Waals surface area (Å²) in [6, 6.07) is 6.23. The molecule has 2 aromatic heterocycles. The van der Waals surface area contributed by atoms with Crippen molar-refractivity contribution >= 4 is 28.1 Å². The molecule has 18 heavy (non-hydrogen) atoms. The van der Waals surface area contributed by atoms with Crippen LogP contribution in [0.2, 0.25) is 0 Å². The van der Waals surface area contributed by atoms with Crippen LogP contribution in [0.4, 0.5) is 10.8 Å². The van der Waals surface area contributed by atoms with Gasteiger partial charge in [0.2, 0.25) is 0 Å². The number of thiophene rings is 1. The van der Waals surface area contributed by atoms with E-state index >= 15 is 0 Å². The van der Waals surface area contributed by atoms with E-state index in [1.54, 1.807) is 12.3 Å². The number of aryl methyl sites for hydroxylation is 1.